The molecular formula is C7H10O2. The van der Waals surface area contributed by atoms with Gasteiger partial charge in [0.25, 0.3) is 0 Å². The van der Waals surface area contributed by atoms with Gasteiger partial charge in [0.05, 0.1) is 5.92 Å². The number of aliphatic carboxylic acids is 1. The highest BCUT2D eigenvalue weighted by atomic mass is 16.4. The highest BCUT2D eigenvalue weighted by Gasteiger charge is 2.45. The summed E-state index contributed by atoms with van der Waals surface area (Å²) in [4.78, 5) is 10.3. The van der Waals surface area contributed by atoms with Gasteiger partial charge in [0.2, 0.25) is 0 Å². The van der Waals surface area contributed by atoms with Crippen molar-refractivity contribution < 1.29 is 9.90 Å². The normalized spacial score (nSPS) is 36.9. The van der Waals surface area contributed by atoms with Crippen LogP contribution < -0.4 is 0 Å². The molecule has 2 atom stereocenters. The quantitative estimate of drug-likeness (QED) is 0.537. The Balaban J connectivity index is 2.62. The Bertz CT molecular complexity index is 170. The Morgan fingerprint density at radius 2 is 2.33 bits per heavy atom. The Morgan fingerprint density at radius 1 is 1.78 bits per heavy atom. The van der Waals surface area contributed by atoms with E-state index in [4.69, 9.17) is 5.11 Å². The van der Waals surface area contributed by atoms with Crippen LogP contribution in [0.5, 0.6) is 0 Å². The van der Waals surface area contributed by atoms with Crippen LogP contribution in [-0.4, -0.2) is 11.1 Å². The molecule has 2 nitrogen and oxygen atoms in total. The van der Waals surface area contributed by atoms with Gasteiger partial charge in [-0.2, -0.15) is 0 Å². The van der Waals surface area contributed by atoms with Gasteiger partial charge in [0.15, 0.2) is 0 Å². The van der Waals surface area contributed by atoms with Crippen molar-refractivity contribution in [1.82, 2.24) is 0 Å². The number of carboxylic acids is 1. The molecule has 1 N–H and O–H groups in total. The number of rotatable bonds is 1. The van der Waals surface area contributed by atoms with Crippen molar-refractivity contribution in [3.63, 3.8) is 0 Å². The molecule has 0 aromatic carbocycles. The molecule has 1 saturated carbocycles. The second-order valence-electron chi connectivity index (χ2n) is 2.39. The van der Waals surface area contributed by atoms with Crippen molar-refractivity contribution in [2.75, 3.05) is 0 Å². The van der Waals surface area contributed by atoms with Crippen molar-refractivity contribution in [3.05, 3.63) is 11.6 Å². The lowest BCUT2D eigenvalue weighted by Gasteiger charge is -1.79. The van der Waals surface area contributed by atoms with Crippen molar-refractivity contribution in [3.8, 4) is 0 Å². The molecule has 0 radical (unpaired) electrons. The van der Waals surface area contributed by atoms with Crippen molar-refractivity contribution >= 4 is 5.97 Å². The van der Waals surface area contributed by atoms with E-state index in [0.29, 0.717) is 0 Å². The molecule has 0 unspecified atom stereocenters. The molecule has 9 heavy (non-hydrogen) atoms. The van der Waals surface area contributed by atoms with E-state index >= 15 is 0 Å². The standard InChI is InChI=1S/C7H10O2/c1-3-5-4(2)6(5)7(8)9/h3-4,6H,1-2H3,(H,8,9)/b5-3+/t4-,6-/m1/s1. The minimum Gasteiger partial charge on any atom is -0.481 e. The highest BCUT2D eigenvalue weighted by molar-refractivity contribution is 5.80. The average Bonchev–Trinajstić information content (AvgIpc) is 2.40. The molecule has 0 amide bonds. The van der Waals surface area contributed by atoms with Gasteiger partial charge in [-0.25, -0.2) is 0 Å². The van der Waals surface area contributed by atoms with Crippen LogP contribution in [0.1, 0.15) is 13.8 Å². The number of carboxylic acid groups (broad SMARTS) is 1. The fourth-order valence-electron chi connectivity index (χ4n) is 1.22. The minimum absolute atomic E-state index is 0.171. The molecule has 0 bridgehead atoms. The van der Waals surface area contributed by atoms with Gasteiger partial charge < -0.3 is 5.11 Å². The van der Waals surface area contributed by atoms with Gasteiger partial charge in [-0.15, -0.1) is 0 Å². The van der Waals surface area contributed by atoms with Gasteiger partial charge in [-0.1, -0.05) is 18.6 Å². The largest absolute Gasteiger partial charge is 0.481 e. The molecule has 0 heterocycles. The molecule has 0 aromatic heterocycles. The zero-order chi connectivity index (χ0) is 7.02. The Morgan fingerprint density at radius 3 is 2.44 bits per heavy atom. The van der Waals surface area contributed by atoms with Crippen LogP contribution in [0, 0.1) is 11.8 Å². The minimum atomic E-state index is -0.685. The van der Waals surface area contributed by atoms with E-state index in [1.54, 1.807) is 0 Å². The summed E-state index contributed by atoms with van der Waals surface area (Å²) in [6, 6.07) is 0. The molecule has 1 aliphatic carbocycles. The Labute approximate surface area is 54.2 Å². The maximum Gasteiger partial charge on any atom is 0.311 e. The first kappa shape index (κ1) is 6.33. The fraction of sp³-hybridized carbons (Fsp3) is 0.571. The van der Waals surface area contributed by atoms with Gasteiger partial charge >= 0.3 is 5.97 Å². The first-order chi connectivity index (χ1) is 4.18. The van der Waals surface area contributed by atoms with Crippen LogP contribution in [0.25, 0.3) is 0 Å². The third-order valence-electron chi connectivity index (χ3n) is 1.88. The van der Waals surface area contributed by atoms with Crippen LogP contribution in [-0.2, 0) is 4.79 Å². The summed E-state index contributed by atoms with van der Waals surface area (Å²) in [6.45, 7) is 3.82. The summed E-state index contributed by atoms with van der Waals surface area (Å²) in [5.74, 6) is -0.571. The third-order valence-corrected chi connectivity index (χ3v) is 1.88. The summed E-state index contributed by atoms with van der Waals surface area (Å²) in [5.41, 5.74) is 1.07. The molecule has 0 saturated heterocycles. The summed E-state index contributed by atoms with van der Waals surface area (Å²) in [7, 11) is 0. The summed E-state index contributed by atoms with van der Waals surface area (Å²) < 4.78 is 0. The molecule has 1 aliphatic rings. The number of hydrogen-bond acceptors (Lipinski definition) is 1. The Hall–Kier alpha value is -0.790. The van der Waals surface area contributed by atoms with Gasteiger partial charge in [-0.3, -0.25) is 4.79 Å². The lowest BCUT2D eigenvalue weighted by Crippen LogP contribution is -1.97. The fourth-order valence-corrected chi connectivity index (χ4v) is 1.22. The number of hydrogen-bond donors (Lipinski definition) is 1. The van der Waals surface area contributed by atoms with Gasteiger partial charge in [-0.05, 0) is 12.8 Å². The molecule has 50 valence electrons. The zero-order valence-corrected chi connectivity index (χ0v) is 5.59. The van der Waals surface area contributed by atoms with E-state index in [9.17, 15) is 4.79 Å². The predicted molar refractivity (Wildman–Crippen MR) is 34.0 cm³/mol. The third kappa shape index (κ3) is 0.846. The van der Waals surface area contributed by atoms with Gasteiger partial charge in [0, 0.05) is 0 Å². The first-order valence-electron chi connectivity index (χ1n) is 3.07. The van der Waals surface area contributed by atoms with Crippen LogP contribution in [0.3, 0.4) is 0 Å². The SMILES string of the molecule is C/C=C1\[C@@H](C)[C@H]1C(=O)O. The number of allylic oxidation sites excluding steroid dienone is 1. The number of carbonyl (C=O) groups is 1. The maximum atomic E-state index is 10.3. The highest BCUT2D eigenvalue weighted by Crippen LogP contribution is 2.44. The molecule has 0 spiro atoms. The summed E-state index contributed by atoms with van der Waals surface area (Å²) >= 11 is 0. The van der Waals surface area contributed by atoms with E-state index in [-0.39, 0.29) is 11.8 Å². The van der Waals surface area contributed by atoms with E-state index < -0.39 is 5.97 Å². The van der Waals surface area contributed by atoms with Crippen LogP contribution in [0.15, 0.2) is 11.6 Å². The van der Waals surface area contributed by atoms with Crippen molar-refractivity contribution in [2.24, 2.45) is 11.8 Å². The summed E-state index contributed by atoms with van der Waals surface area (Å²) in [6.07, 6.45) is 1.89. The van der Waals surface area contributed by atoms with E-state index in [0.717, 1.165) is 5.57 Å². The van der Waals surface area contributed by atoms with Crippen LogP contribution in [0.2, 0.25) is 0 Å². The predicted octanol–water partition coefficient (Wildman–Crippen LogP) is 1.28. The van der Waals surface area contributed by atoms with Crippen molar-refractivity contribution in [1.29, 1.82) is 0 Å². The second-order valence-corrected chi connectivity index (χ2v) is 2.39. The van der Waals surface area contributed by atoms with E-state index in [2.05, 4.69) is 0 Å². The molecule has 2 heteroatoms. The maximum absolute atomic E-state index is 10.3. The molecular weight excluding hydrogens is 116 g/mol. The lowest BCUT2D eigenvalue weighted by molar-refractivity contribution is -0.138. The second kappa shape index (κ2) is 1.87. The molecule has 0 aromatic rings. The average molecular weight is 126 g/mol. The van der Waals surface area contributed by atoms with Crippen LogP contribution >= 0.6 is 0 Å². The molecule has 1 fully saturated rings. The van der Waals surface area contributed by atoms with Crippen molar-refractivity contribution in [2.45, 2.75) is 13.8 Å². The van der Waals surface area contributed by atoms with Gasteiger partial charge in [0.1, 0.15) is 0 Å². The monoisotopic (exact) mass is 126 g/mol. The topological polar surface area (TPSA) is 37.3 Å². The van der Waals surface area contributed by atoms with Crippen LogP contribution in [0.4, 0.5) is 0 Å². The lowest BCUT2D eigenvalue weighted by atomic mass is 10.3. The van der Waals surface area contributed by atoms with E-state index in [1.807, 2.05) is 19.9 Å². The summed E-state index contributed by atoms with van der Waals surface area (Å²) in [5, 5.41) is 8.48. The smallest absolute Gasteiger partial charge is 0.311 e. The Kier molecular flexibility index (Phi) is 1.31. The zero-order valence-electron chi connectivity index (χ0n) is 5.59. The van der Waals surface area contributed by atoms with E-state index in [1.165, 1.54) is 0 Å². The first-order valence-corrected chi connectivity index (χ1v) is 3.07. The molecule has 1 rings (SSSR count). The molecule has 0 aliphatic heterocycles.